The van der Waals surface area contributed by atoms with Crippen LogP contribution in [0.4, 0.5) is 0 Å². The maximum Gasteiger partial charge on any atom is 0.0491 e. The van der Waals surface area contributed by atoms with Gasteiger partial charge in [-0.25, -0.2) is 0 Å². The van der Waals surface area contributed by atoms with E-state index in [4.69, 9.17) is 0 Å². The Morgan fingerprint density at radius 3 is 2.44 bits per heavy atom. The van der Waals surface area contributed by atoms with Gasteiger partial charge in [0.25, 0.3) is 0 Å². The zero-order chi connectivity index (χ0) is 13.3. The van der Waals surface area contributed by atoms with Gasteiger partial charge in [0.15, 0.2) is 0 Å². The highest BCUT2D eigenvalue weighted by Crippen LogP contribution is 2.27. The first-order chi connectivity index (χ1) is 8.50. The molecule has 0 aliphatic carbocycles. The normalized spacial score (nSPS) is 11.7. The highest BCUT2D eigenvalue weighted by atomic mass is 14.9. The zero-order valence-corrected chi connectivity index (χ0v) is 12.1. The number of rotatable bonds is 4. The van der Waals surface area contributed by atoms with Gasteiger partial charge in [-0.05, 0) is 49.9 Å². The molecule has 0 aliphatic rings. The number of aryl methyl sites for hydroxylation is 3. The lowest BCUT2D eigenvalue weighted by molar-refractivity contribution is 0.552. The second-order valence-electron chi connectivity index (χ2n) is 5.70. The fraction of sp³-hybridized carbons (Fsp3) is 0.500. The number of hydrogen-bond acceptors (Lipinski definition) is 1. The number of hydrogen-bond donors (Lipinski definition) is 2. The minimum atomic E-state index is 0.693. The van der Waals surface area contributed by atoms with E-state index < -0.39 is 0 Å². The monoisotopic (exact) mass is 244 g/mol. The Bertz CT molecular complexity index is 550. The van der Waals surface area contributed by atoms with Gasteiger partial charge in [-0.1, -0.05) is 26.0 Å². The summed E-state index contributed by atoms with van der Waals surface area (Å²) in [5.41, 5.74) is 6.70. The zero-order valence-electron chi connectivity index (χ0n) is 12.1. The fourth-order valence-corrected chi connectivity index (χ4v) is 2.52. The number of H-pyrrole nitrogens is 1. The molecule has 0 spiro atoms. The van der Waals surface area contributed by atoms with Gasteiger partial charge < -0.3 is 10.3 Å². The number of aromatic amines is 1. The van der Waals surface area contributed by atoms with Gasteiger partial charge in [-0.2, -0.15) is 0 Å². The number of fused-ring (bicyclic) bond motifs is 1. The Balaban J connectivity index is 2.37. The van der Waals surface area contributed by atoms with E-state index in [1.807, 2.05) is 0 Å². The molecule has 0 amide bonds. The summed E-state index contributed by atoms with van der Waals surface area (Å²) in [5.74, 6) is 0.693. The summed E-state index contributed by atoms with van der Waals surface area (Å²) in [6.07, 6.45) is 0. The van der Waals surface area contributed by atoms with Crippen LogP contribution in [0.25, 0.3) is 10.9 Å². The van der Waals surface area contributed by atoms with Crippen LogP contribution in [0.1, 0.15) is 36.2 Å². The largest absolute Gasteiger partial charge is 0.358 e. The van der Waals surface area contributed by atoms with E-state index in [0.29, 0.717) is 5.92 Å². The summed E-state index contributed by atoms with van der Waals surface area (Å²) in [7, 11) is 0. The Kier molecular flexibility index (Phi) is 3.76. The lowest BCUT2D eigenvalue weighted by Crippen LogP contribution is -2.19. The highest BCUT2D eigenvalue weighted by molar-refractivity contribution is 5.90. The van der Waals surface area contributed by atoms with Crippen LogP contribution in [0.3, 0.4) is 0 Å². The van der Waals surface area contributed by atoms with Crippen LogP contribution < -0.4 is 5.32 Å². The molecule has 2 nitrogen and oxygen atoms in total. The molecule has 98 valence electrons. The smallest absolute Gasteiger partial charge is 0.0491 e. The van der Waals surface area contributed by atoms with E-state index in [0.717, 1.165) is 13.1 Å². The van der Waals surface area contributed by atoms with Gasteiger partial charge in [0.2, 0.25) is 0 Å². The minimum absolute atomic E-state index is 0.693. The lowest BCUT2D eigenvalue weighted by Gasteiger charge is -2.09. The van der Waals surface area contributed by atoms with Crippen LogP contribution in [0.15, 0.2) is 12.1 Å². The van der Waals surface area contributed by atoms with Crippen molar-refractivity contribution in [3.63, 3.8) is 0 Å². The topological polar surface area (TPSA) is 27.8 Å². The van der Waals surface area contributed by atoms with Crippen molar-refractivity contribution in [2.75, 3.05) is 6.54 Å². The summed E-state index contributed by atoms with van der Waals surface area (Å²) in [6, 6.07) is 4.41. The first-order valence-corrected chi connectivity index (χ1v) is 6.78. The van der Waals surface area contributed by atoms with Crippen molar-refractivity contribution in [2.24, 2.45) is 5.92 Å². The molecule has 0 atom stereocenters. The highest BCUT2D eigenvalue weighted by Gasteiger charge is 2.11. The molecule has 2 aromatic rings. The average Bonchev–Trinajstić information content (AvgIpc) is 2.63. The molecular formula is C16H24N2. The lowest BCUT2D eigenvalue weighted by atomic mass is 10.0. The summed E-state index contributed by atoms with van der Waals surface area (Å²) in [5, 5.41) is 4.95. The quantitative estimate of drug-likeness (QED) is 0.840. The van der Waals surface area contributed by atoms with Crippen molar-refractivity contribution in [3.05, 3.63) is 34.5 Å². The molecule has 1 heterocycles. The molecule has 0 radical (unpaired) electrons. The summed E-state index contributed by atoms with van der Waals surface area (Å²) in [6.45, 7) is 13.0. The molecule has 0 saturated carbocycles. The van der Waals surface area contributed by atoms with Gasteiger partial charge in [-0.3, -0.25) is 0 Å². The molecule has 1 aromatic heterocycles. The molecule has 0 saturated heterocycles. The Morgan fingerprint density at radius 2 is 1.78 bits per heavy atom. The maximum absolute atomic E-state index is 3.55. The third kappa shape index (κ3) is 2.44. The Labute approximate surface area is 110 Å². The summed E-state index contributed by atoms with van der Waals surface area (Å²) in [4.78, 5) is 3.53. The van der Waals surface area contributed by atoms with Crippen LogP contribution in [0, 0.1) is 26.7 Å². The number of benzene rings is 1. The molecule has 2 heteroatoms. The summed E-state index contributed by atoms with van der Waals surface area (Å²) < 4.78 is 0. The second kappa shape index (κ2) is 5.15. The average molecular weight is 244 g/mol. The molecule has 0 unspecified atom stereocenters. The minimum Gasteiger partial charge on any atom is -0.358 e. The van der Waals surface area contributed by atoms with Crippen LogP contribution in [0.2, 0.25) is 0 Å². The van der Waals surface area contributed by atoms with Crippen molar-refractivity contribution in [1.29, 1.82) is 0 Å². The van der Waals surface area contributed by atoms with Crippen molar-refractivity contribution in [1.82, 2.24) is 10.3 Å². The molecule has 1 aromatic carbocycles. The molecule has 2 rings (SSSR count). The maximum atomic E-state index is 3.55. The summed E-state index contributed by atoms with van der Waals surface area (Å²) >= 11 is 0. The van der Waals surface area contributed by atoms with Crippen molar-refractivity contribution in [3.8, 4) is 0 Å². The third-order valence-corrected chi connectivity index (χ3v) is 3.54. The van der Waals surface area contributed by atoms with Crippen molar-refractivity contribution >= 4 is 10.9 Å². The van der Waals surface area contributed by atoms with E-state index in [-0.39, 0.29) is 0 Å². The first kappa shape index (κ1) is 13.2. The van der Waals surface area contributed by atoms with E-state index in [2.05, 4.69) is 57.1 Å². The van der Waals surface area contributed by atoms with Crippen LogP contribution in [0.5, 0.6) is 0 Å². The van der Waals surface area contributed by atoms with Gasteiger partial charge >= 0.3 is 0 Å². The molecule has 0 bridgehead atoms. The van der Waals surface area contributed by atoms with Crippen molar-refractivity contribution < 1.29 is 0 Å². The SMILES string of the molecule is Cc1[nH]c2c(C)ccc(C)c2c1CNCC(C)C. The third-order valence-electron chi connectivity index (χ3n) is 3.54. The van der Waals surface area contributed by atoms with E-state index in [1.54, 1.807) is 0 Å². The van der Waals surface area contributed by atoms with Crippen LogP contribution in [-0.4, -0.2) is 11.5 Å². The predicted molar refractivity (Wildman–Crippen MR) is 79.1 cm³/mol. The van der Waals surface area contributed by atoms with Gasteiger partial charge in [-0.15, -0.1) is 0 Å². The fourth-order valence-electron chi connectivity index (χ4n) is 2.52. The van der Waals surface area contributed by atoms with Gasteiger partial charge in [0.05, 0.1) is 0 Å². The number of nitrogens with one attached hydrogen (secondary N) is 2. The molecule has 0 aliphatic heterocycles. The number of aromatic nitrogens is 1. The Hall–Kier alpha value is -1.28. The second-order valence-corrected chi connectivity index (χ2v) is 5.70. The van der Waals surface area contributed by atoms with E-state index in [9.17, 15) is 0 Å². The standard InChI is InChI=1S/C16H24N2/c1-10(2)8-17-9-14-13(5)18-16-12(4)7-6-11(3)15(14)16/h6-7,10,17-18H,8-9H2,1-5H3. The van der Waals surface area contributed by atoms with Crippen molar-refractivity contribution in [2.45, 2.75) is 41.2 Å². The molecule has 0 fully saturated rings. The van der Waals surface area contributed by atoms with Crippen LogP contribution in [-0.2, 0) is 6.54 Å². The van der Waals surface area contributed by atoms with Crippen LogP contribution >= 0.6 is 0 Å². The predicted octanol–water partition coefficient (Wildman–Crippen LogP) is 3.84. The van der Waals surface area contributed by atoms with E-state index >= 15 is 0 Å². The Morgan fingerprint density at radius 1 is 1.11 bits per heavy atom. The molecule has 2 N–H and O–H groups in total. The van der Waals surface area contributed by atoms with Gasteiger partial charge in [0, 0.05) is 23.1 Å². The molecule has 18 heavy (non-hydrogen) atoms. The first-order valence-electron chi connectivity index (χ1n) is 6.78. The van der Waals surface area contributed by atoms with E-state index in [1.165, 1.54) is 33.3 Å². The molecular weight excluding hydrogens is 220 g/mol. The van der Waals surface area contributed by atoms with Gasteiger partial charge in [0.1, 0.15) is 0 Å².